The maximum Gasteiger partial charge on any atom is 0.248 e. The highest BCUT2D eigenvalue weighted by Gasteiger charge is 2.38. The van der Waals surface area contributed by atoms with Gasteiger partial charge in [-0.2, -0.15) is 0 Å². The van der Waals surface area contributed by atoms with Gasteiger partial charge in [0.05, 0.1) is 0 Å². The van der Waals surface area contributed by atoms with Gasteiger partial charge in [0, 0.05) is 12.8 Å². The van der Waals surface area contributed by atoms with Crippen molar-refractivity contribution < 1.29 is 8.78 Å². The Balaban J connectivity index is 1.46. The van der Waals surface area contributed by atoms with Gasteiger partial charge >= 0.3 is 0 Å². The van der Waals surface area contributed by atoms with E-state index in [9.17, 15) is 8.78 Å². The Labute approximate surface area is 103 Å². The van der Waals surface area contributed by atoms with Crippen LogP contribution in [0.2, 0.25) is 0 Å². The van der Waals surface area contributed by atoms with E-state index in [2.05, 4.69) is 10.2 Å². The molecule has 1 aliphatic heterocycles. The number of halogens is 2. The summed E-state index contributed by atoms with van der Waals surface area (Å²) in [5, 5.41) is 3.33. The largest absolute Gasteiger partial charge is 0.316 e. The second-order valence-corrected chi connectivity index (χ2v) is 5.57. The Morgan fingerprint density at radius 3 is 2.65 bits per heavy atom. The van der Waals surface area contributed by atoms with Gasteiger partial charge in [0.1, 0.15) is 0 Å². The minimum Gasteiger partial charge on any atom is -0.316 e. The lowest BCUT2D eigenvalue weighted by atomic mass is 10.1. The number of nitrogens with one attached hydrogen (secondary N) is 1. The standard InChI is InChI=1S/C13H24F2N2/c14-13(15)5-4-12(10-13)11-16-6-3-9-17-7-1-2-8-17/h12,16H,1-11H2. The first-order valence-corrected chi connectivity index (χ1v) is 6.97. The molecule has 0 aromatic rings. The third kappa shape index (κ3) is 4.51. The topological polar surface area (TPSA) is 15.3 Å². The minimum atomic E-state index is -2.39. The molecule has 0 radical (unpaired) electrons. The van der Waals surface area contributed by atoms with Gasteiger partial charge in [0.25, 0.3) is 0 Å². The molecule has 1 aliphatic carbocycles. The van der Waals surface area contributed by atoms with Crippen molar-refractivity contribution in [2.45, 2.75) is 44.4 Å². The minimum absolute atomic E-state index is 0.0894. The number of rotatable bonds is 6. The van der Waals surface area contributed by atoms with Crippen molar-refractivity contribution in [3.8, 4) is 0 Å². The molecule has 1 saturated carbocycles. The summed E-state index contributed by atoms with van der Waals surface area (Å²) in [6.07, 6.45) is 4.68. The first-order valence-electron chi connectivity index (χ1n) is 6.97. The molecule has 2 aliphatic rings. The van der Waals surface area contributed by atoms with Crippen LogP contribution in [0.3, 0.4) is 0 Å². The molecule has 1 atom stereocenters. The zero-order chi connectivity index (χ0) is 12.1. The maximum atomic E-state index is 12.9. The number of nitrogens with zero attached hydrogens (tertiary/aromatic N) is 1. The fraction of sp³-hybridized carbons (Fsp3) is 1.00. The van der Waals surface area contributed by atoms with Gasteiger partial charge in [-0.15, -0.1) is 0 Å². The van der Waals surface area contributed by atoms with Crippen molar-refractivity contribution in [3.63, 3.8) is 0 Å². The van der Waals surface area contributed by atoms with Gasteiger partial charge in [-0.25, -0.2) is 8.78 Å². The third-order valence-electron chi connectivity index (χ3n) is 3.97. The molecule has 0 spiro atoms. The molecule has 0 amide bonds. The molecule has 2 fully saturated rings. The van der Waals surface area contributed by atoms with Crippen LogP contribution in [0, 0.1) is 5.92 Å². The number of hydrogen-bond acceptors (Lipinski definition) is 2. The van der Waals surface area contributed by atoms with Crippen LogP contribution in [0.15, 0.2) is 0 Å². The van der Waals surface area contributed by atoms with Crippen LogP contribution in [0.25, 0.3) is 0 Å². The normalized spacial score (nSPS) is 28.9. The lowest BCUT2D eigenvalue weighted by molar-refractivity contribution is 0.00509. The first kappa shape index (κ1) is 13.2. The SMILES string of the molecule is FC1(F)CCC(CNCCCN2CCCC2)C1. The van der Waals surface area contributed by atoms with Crippen molar-refractivity contribution in [2.75, 3.05) is 32.7 Å². The zero-order valence-corrected chi connectivity index (χ0v) is 10.6. The fourth-order valence-corrected chi connectivity index (χ4v) is 2.96. The van der Waals surface area contributed by atoms with E-state index in [1.54, 1.807) is 0 Å². The van der Waals surface area contributed by atoms with E-state index in [-0.39, 0.29) is 18.8 Å². The lowest BCUT2D eigenvalue weighted by Crippen LogP contribution is -2.27. The Morgan fingerprint density at radius 2 is 2.00 bits per heavy atom. The predicted octanol–water partition coefficient (Wildman–Crippen LogP) is 2.50. The number of hydrogen-bond donors (Lipinski definition) is 1. The molecule has 0 aromatic heterocycles. The van der Waals surface area contributed by atoms with Crippen LogP contribution in [0.5, 0.6) is 0 Å². The maximum absolute atomic E-state index is 12.9. The molecule has 17 heavy (non-hydrogen) atoms. The second-order valence-electron chi connectivity index (χ2n) is 5.57. The van der Waals surface area contributed by atoms with Gasteiger partial charge in [-0.05, 0) is 64.3 Å². The molecule has 0 aromatic carbocycles. The summed E-state index contributed by atoms with van der Waals surface area (Å²) in [4.78, 5) is 2.49. The summed E-state index contributed by atoms with van der Waals surface area (Å²) in [7, 11) is 0. The highest BCUT2D eigenvalue weighted by Crippen LogP contribution is 2.38. The van der Waals surface area contributed by atoms with Gasteiger partial charge in [-0.1, -0.05) is 0 Å². The average Bonchev–Trinajstić information content (AvgIpc) is 2.88. The van der Waals surface area contributed by atoms with Crippen molar-refractivity contribution >= 4 is 0 Å². The van der Waals surface area contributed by atoms with E-state index in [0.29, 0.717) is 6.42 Å². The highest BCUT2D eigenvalue weighted by atomic mass is 19.3. The highest BCUT2D eigenvalue weighted by molar-refractivity contribution is 4.82. The van der Waals surface area contributed by atoms with E-state index in [4.69, 9.17) is 0 Å². The summed E-state index contributed by atoms with van der Waals surface area (Å²) in [6.45, 7) is 5.39. The van der Waals surface area contributed by atoms with E-state index < -0.39 is 5.92 Å². The van der Waals surface area contributed by atoms with Crippen molar-refractivity contribution in [1.29, 1.82) is 0 Å². The molecule has 1 heterocycles. The summed E-state index contributed by atoms with van der Waals surface area (Å²) < 4.78 is 25.9. The third-order valence-corrected chi connectivity index (χ3v) is 3.97. The van der Waals surface area contributed by atoms with Crippen LogP contribution >= 0.6 is 0 Å². The summed E-state index contributed by atoms with van der Waals surface area (Å²) >= 11 is 0. The molecular formula is C13H24F2N2. The number of likely N-dealkylation sites (tertiary alicyclic amines) is 1. The van der Waals surface area contributed by atoms with Gasteiger partial charge in [0.15, 0.2) is 0 Å². The second kappa shape index (κ2) is 6.10. The summed E-state index contributed by atoms with van der Waals surface area (Å²) in [5.41, 5.74) is 0. The average molecular weight is 246 g/mol. The Hall–Kier alpha value is -0.220. The zero-order valence-electron chi connectivity index (χ0n) is 10.6. The summed E-state index contributed by atoms with van der Waals surface area (Å²) in [6, 6.07) is 0. The van der Waals surface area contributed by atoms with Gasteiger partial charge < -0.3 is 10.2 Å². The molecule has 4 heteroatoms. The van der Waals surface area contributed by atoms with Crippen LogP contribution in [-0.2, 0) is 0 Å². The first-order chi connectivity index (χ1) is 8.16. The van der Waals surface area contributed by atoms with Crippen LogP contribution in [-0.4, -0.2) is 43.5 Å². The van der Waals surface area contributed by atoms with Crippen LogP contribution < -0.4 is 5.32 Å². The molecule has 1 N–H and O–H groups in total. The van der Waals surface area contributed by atoms with Crippen molar-refractivity contribution in [2.24, 2.45) is 5.92 Å². The molecular weight excluding hydrogens is 222 g/mol. The molecule has 100 valence electrons. The molecule has 1 saturated heterocycles. The van der Waals surface area contributed by atoms with Crippen molar-refractivity contribution in [1.82, 2.24) is 10.2 Å². The fourth-order valence-electron chi connectivity index (χ4n) is 2.96. The monoisotopic (exact) mass is 246 g/mol. The van der Waals surface area contributed by atoms with Gasteiger partial charge in [-0.3, -0.25) is 0 Å². The van der Waals surface area contributed by atoms with E-state index in [1.807, 2.05) is 0 Å². The van der Waals surface area contributed by atoms with Crippen molar-refractivity contribution in [3.05, 3.63) is 0 Å². The molecule has 2 rings (SSSR count). The smallest absolute Gasteiger partial charge is 0.248 e. The quantitative estimate of drug-likeness (QED) is 0.724. The molecule has 0 bridgehead atoms. The molecule has 1 unspecified atom stereocenters. The Kier molecular flexibility index (Phi) is 4.74. The Morgan fingerprint density at radius 1 is 1.24 bits per heavy atom. The summed E-state index contributed by atoms with van der Waals surface area (Å²) in [5.74, 6) is -2.20. The van der Waals surface area contributed by atoms with Crippen LogP contribution in [0.4, 0.5) is 8.78 Å². The Bertz CT molecular complexity index is 227. The van der Waals surface area contributed by atoms with E-state index >= 15 is 0 Å². The number of alkyl halides is 2. The van der Waals surface area contributed by atoms with E-state index in [0.717, 1.165) is 26.1 Å². The lowest BCUT2D eigenvalue weighted by Gasteiger charge is -2.15. The molecule has 2 nitrogen and oxygen atoms in total. The predicted molar refractivity (Wildman–Crippen MR) is 65.4 cm³/mol. The van der Waals surface area contributed by atoms with E-state index in [1.165, 1.54) is 25.9 Å². The van der Waals surface area contributed by atoms with Gasteiger partial charge in [0.2, 0.25) is 5.92 Å². The van der Waals surface area contributed by atoms with Crippen LogP contribution in [0.1, 0.15) is 38.5 Å².